The smallest absolute Gasteiger partial charge is 0.295 e. The van der Waals surface area contributed by atoms with Gasteiger partial charge in [0, 0.05) is 10.4 Å². The van der Waals surface area contributed by atoms with E-state index >= 15 is 0 Å². The Balaban J connectivity index is 1.79. The summed E-state index contributed by atoms with van der Waals surface area (Å²) in [5.74, 6) is -0.275. The maximum absolute atomic E-state index is 13.1. The number of aliphatic hydroxyl groups is 1. The second kappa shape index (κ2) is 9.92. The molecule has 1 fully saturated rings. The number of thiophene rings is 1. The number of benzene rings is 2. The third kappa shape index (κ3) is 4.64. The predicted molar refractivity (Wildman–Crippen MR) is 127 cm³/mol. The molecular formula is C26H25NO5S. The second-order valence-corrected chi connectivity index (χ2v) is 8.69. The highest BCUT2D eigenvalue weighted by molar-refractivity contribution is 7.09. The van der Waals surface area contributed by atoms with E-state index in [1.54, 1.807) is 49.6 Å². The van der Waals surface area contributed by atoms with E-state index in [-0.39, 0.29) is 17.9 Å². The first-order valence-electron chi connectivity index (χ1n) is 10.7. The van der Waals surface area contributed by atoms with Crippen LogP contribution in [0.4, 0.5) is 0 Å². The number of likely N-dealkylation sites (tertiary alicyclic amines) is 1. The number of hydrogen-bond acceptors (Lipinski definition) is 6. The summed E-state index contributed by atoms with van der Waals surface area (Å²) >= 11 is 1.51. The van der Waals surface area contributed by atoms with Crippen molar-refractivity contribution in [2.45, 2.75) is 25.9 Å². The fraction of sp³-hybridized carbons (Fsp3) is 0.231. The standard InChI is InChI=1S/C26H25NO5S/c1-3-13-32-19-11-9-17(10-12-19)24(28)22-23(18-6-4-7-20(15-18)31-2)27(26(30)25(22)29)16-21-8-5-14-33-21/h4-12,14-15,23,28H,3,13,16H2,1-2H3/b24-22-. The van der Waals surface area contributed by atoms with E-state index in [9.17, 15) is 14.7 Å². The van der Waals surface area contributed by atoms with Crippen molar-refractivity contribution in [3.63, 3.8) is 0 Å². The molecule has 0 bridgehead atoms. The van der Waals surface area contributed by atoms with Gasteiger partial charge in [0.15, 0.2) is 0 Å². The van der Waals surface area contributed by atoms with Crippen LogP contribution < -0.4 is 9.47 Å². The van der Waals surface area contributed by atoms with Gasteiger partial charge in [0.05, 0.1) is 31.9 Å². The van der Waals surface area contributed by atoms with Gasteiger partial charge in [-0.15, -0.1) is 11.3 Å². The lowest BCUT2D eigenvalue weighted by molar-refractivity contribution is -0.140. The van der Waals surface area contributed by atoms with Crippen molar-refractivity contribution in [3.05, 3.63) is 87.6 Å². The summed E-state index contributed by atoms with van der Waals surface area (Å²) in [5.41, 5.74) is 1.20. The third-order valence-corrected chi connectivity index (χ3v) is 6.32. The summed E-state index contributed by atoms with van der Waals surface area (Å²) in [5, 5.41) is 13.1. The molecule has 1 aliphatic rings. The van der Waals surface area contributed by atoms with Gasteiger partial charge in [-0.2, -0.15) is 0 Å². The summed E-state index contributed by atoms with van der Waals surface area (Å²) in [4.78, 5) is 28.7. The molecule has 4 rings (SSSR count). The number of rotatable bonds is 8. The minimum absolute atomic E-state index is 0.0621. The number of ketones is 1. The topological polar surface area (TPSA) is 76.1 Å². The maximum Gasteiger partial charge on any atom is 0.295 e. The Labute approximate surface area is 196 Å². The number of carbonyl (C=O) groups is 2. The summed E-state index contributed by atoms with van der Waals surface area (Å²) in [7, 11) is 1.56. The summed E-state index contributed by atoms with van der Waals surface area (Å²) in [6, 6.07) is 17.2. The van der Waals surface area contributed by atoms with Crippen molar-refractivity contribution in [1.82, 2.24) is 4.90 Å². The molecule has 2 heterocycles. The Morgan fingerprint density at radius 2 is 1.85 bits per heavy atom. The molecular weight excluding hydrogens is 438 g/mol. The van der Waals surface area contributed by atoms with Crippen LogP contribution >= 0.6 is 11.3 Å². The molecule has 0 aliphatic carbocycles. The van der Waals surface area contributed by atoms with Crippen molar-refractivity contribution in [2.24, 2.45) is 0 Å². The van der Waals surface area contributed by atoms with Crippen molar-refractivity contribution >= 4 is 28.8 Å². The molecule has 1 aromatic heterocycles. The summed E-state index contributed by atoms with van der Waals surface area (Å²) in [6.45, 7) is 2.88. The number of Topliss-reactive ketones (excluding diaryl/α,β-unsaturated/α-hetero) is 1. The molecule has 6 nitrogen and oxygen atoms in total. The number of carbonyl (C=O) groups excluding carboxylic acids is 2. The Morgan fingerprint density at radius 1 is 1.06 bits per heavy atom. The fourth-order valence-corrected chi connectivity index (χ4v) is 4.56. The van der Waals surface area contributed by atoms with Gasteiger partial charge in [0.25, 0.3) is 11.7 Å². The number of methoxy groups -OCH3 is 1. The highest BCUT2D eigenvalue weighted by Gasteiger charge is 2.46. The normalized spacial score (nSPS) is 17.4. The molecule has 1 saturated heterocycles. The SMILES string of the molecule is CCCOc1ccc(/C(O)=C2/C(=O)C(=O)N(Cc3cccs3)C2c2cccc(OC)c2)cc1. The van der Waals surface area contributed by atoms with Crippen LogP contribution in [0.15, 0.2) is 71.6 Å². The van der Waals surface area contributed by atoms with E-state index in [0.717, 1.165) is 11.3 Å². The Kier molecular flexibility index (Phi) is 6.79. The fourth-order valence-electron chi connectivity index (χ4n) is 3.86. The molecule has 0 saturated carbocycles. The van der Waals surface area contributed by atoms with E-state index in [1.165, 1.54) is 16.2 Å². The van der Waals surface area contributed by atoms with E-state index < -0.39 is 17.7 Å². The second-order valence-electron chi connectivity index (χ2n) is 7.66. The first-order valence-corrected chi connectivity index (χ1v) is 11.6. The zero-order valence-electron chi connectivity index (χ0n) is 18.5. The van der Waals surface area contributed by atoms with E-state index in [4.69, 9.17) is 9.47 Å². The molecule has 3 aromatic rings. The Morgan fingerprint density at radius 3 is 2.52 bits per heavy atom. The number of ether oxygens (including phenoxy) is 2. The molecule has 2 aromatic carbocycles. The molecule has 1 amide bonds. The Hall–Kier alpha value is -3.58. The average Bonchev–Trinajstić information content (AvgIpc) is 3.45. The van der Waals surface area contributed by atoms with Crippen LogP contribution in [0.2, 0.25) is 0 Å². The average molecular weight is 464 g/mol. The van der Waals surface area contributed by atoms with Crippen LogP contribution in [0.3, 0.4) is 0 Å². The van der Waals surface area contributed by atoms with Gasteiger partial charge in [-0.25, -0.2) is 0 Å². The van der Waals surface area contributed by atoms with Gasteiger partial charge in [-0.1, -0.05) is 25.1 Å². The van der Waals surface area contributed by atoms with Crippen molar-refractivity contribution in [1.29, 1.82) is 0 Å². The third-order valence-electron chi connectivity index (χ3n) is 5.46. The van der Waals surface area contributed by atoms with E-state index in [0.29, 0.717) is 29.2 Å². The Bertz CT molecular complexity index is 1170. The molecule has 170 valence electrons. The van der Waals surface area contributed by atoms with E-state index in [2.05, 4.69) is 0 Å². The van der Waals surface area contributed by atoms with Gasteiger partial charge in [0.1, 0.15) is 17.3 Å². The first-order chi connectivity index (χ1) is 16.0. The first kappa shape index (κ1) is 22.6. The zero-order chi connectivity index (χ0) is 23.4. The lowest BCUT2D eigenvalue weighted by Crippen LogP contribution is -2.28. The van der Waals surface area contributed by atoms with Gasteiger partial charge in [0.2, 0.25) is 0 Å². The molecule has 1 unspecified atom stereocenters. The highest BCUT2D eigenvalue weighted by atomic mass is 32.1. The van der Waals surface area contributed by atoms with Crippen molar-refractivity contribution in [3.8, 4) is 11.5 Å². The van der Waals surface area contributed by atoms with Crippen LogP contribution in [-0.2, 0) is 16.1 Å². The molecule has 7 heteroatoms. The van der Waals surface area contributed by atoms with Crippen LogP contribution in [0, 0.1) is 0 Å². The number of hydrogen-bond donors (Lipinski definition) is 1. The van der Waals surface area contributed by atoms with Gasteiger partial charge < -0.3 is 19.5 Å². The minimum Gasteiger partial charge on any atom is -0.507 e. The number of nitrogens with zero attached hydrogens (tertiary/aromatic N) is 1. The maximum atomic E-state index is 13.1. The molecule has 0 spiro atoms. The van der Waals surface area contributed by atoms with Crippen molar-refractivity contribution in [2.75, 3.05) is 13.7 Å². The van der Waals surface area contributed by atoms with Gasteiger partial charge in [-0.05, 0) is 59.8 Å². The molecule has 0 radical (unpaired) electrons. The lowest BCUT2D eigenvalue weighted by atomic mass is 9.95. The largest absolute Gasteiger partial charge is 0.507 e. The quantitative estimate of drug-likeness (QED) is 0.283. The van der Waals surface area contributed by atoms with Crippen LogP contribution in [0.25, 0.3) is 5.76 Å². The van der Waals surface area contributed by atoms with E-state index in [1.807, 2.05) is 30.5 Å². The summed E-state index contributed by atoms with van der Waals surface area (Å²) < 4.78 is 11.0. The predicted octanol–water partition coefficient (Wildman–Crippen LogP) is 5.17. The molecule has 1 atom stereocenters. The molecule has 1 N–H and O–H groups in total. The number of aliphatic hydroxyl groups excluding tert-OH is 1. The van der Waals surface area contributed by atoms with Crippen molar-refractivity contribution < 1.29 is 24.2 Å². The molecule has 33 heavy (non-hydrogen) atoms. The van der Waals surface area contributed by atoms with Gasteiger partial charge >= 0.3 is 0 Å². The summed E-state index contributed by atoms with van der Waals surface area (Å²) in [6.07, 6.45) is 0.885. The lowest BCUT2D eigenvalue weighted by Gasteiger charge is -2.25. The molecule has 1 aliphatic heterocycles. The van der Waals surface area contributed by atoms with Crippen LogP contribution in [0.1, 0.15) is 35.4 Å². The van der Waals surface area contributed by atoms with Gasteiger partial charge in [-0.3, -0.25) is 9.59 Å². The van der Waals surface area contributed by atoms with Crippen LogP contribution in [-0.4, -0.2) is 35.4 Å². The van der Waals surface area contributed by atoms with Crippen LogP contribution in [0.5, 0.6) is 11.5 Å². The minimum atomic E-state index is -0.738. The highest BCUT2D eigenvalue weighted by Crippen LogP contribution is 2.41. The zero-order valence-corrected chi connectivity index (χ0v) is 19.3. The number of amides is 1. The monoisotopic (exact) mass is 463 g/mol.